The maximum absolute atomic E-state index is 12.6. The van der Waals surface area contributed by atoms with E-state index in [1.165, 1.54) is 4.57 Å². The molecule has 1 saturated heterocycles. The van der Waals surface area contributed by atoms with E-state index in [9.17, 15) is 9.59 Å². The van der Waals surface area contributed by atoms with Crippen LogP contribution in [0, 0.1) is 4.77 Å². The molecule has 128 valence electrons. The summed E-state index contributed by atoms with van der Waals surface area (Å²) in [6, 6.07) is 7.28. The number of nitrogens with zero attached hydrogens (tertiary/aromatic N) is 3. The average molecular weight is 346 g/mol. The molecule has 24 heavy (non-hydrogen) atoms. The number of hydrogen-bond donors (Lipinski definition) is 1. The Balaban J connectivity index is 1.71. The van der Waals surface area contributed by atoms with E-state index in [1.807, 2.05) is 23.1 Å². The summed E-state index contributed by atoms with van der Waals surface area (Å²) < 4.78 is 1.85. The summed E-state index contributed by atoms with van der Waals surface area (Å²) in [7, 11) is 0. The summed E-state index contributed by atoms with van der Waals surface area (Å²) in [5, 5.41) is 0.593. The Labute approximate surface area is 145 Å². The number of carbonyl (C=O) groups is 1. The summed E-state index contributed by atoms with van der Waals surface area (Å²) in [6.45, 7) is 6.80. The predicted octanol–water partition coefficient (Wildman–Crippen LogP) is 1.61. The van der Waals surface area contributed by atoms with Gasteiger partial charge in [0.05, 0.1) is 10.9 Å². The van der Waals surface area contributed by atoms with Gasteiger partial charge in [0.15, 0.2) is 4.77 Å². The number of carbonyl (C=O) groups excluding carboxylic acids is 1. The van der Waals surface area contributed by atoms with Gasteiger partial charge in [-0.25, -0.2) is 0 Å². The van der Waals surface area contributed by atoms with Crippen LogP contribution in [0.25, 0.3) is 10.9 Å². The van der Waals surface area contributed by atoms with Gasteiger partial charge in [0.1, 0.15) is 0 Å². The zero-order valence-electron chi connectivity index (χ0n) is 13.8. The van der Waals surface area contributed by atoms with Gasteiger partial charge in [0.25, 0.3) is 5.56 Å². The molecule has 3 rings (SSSR count). The molecule has 0 bridgehead atoms. The van der Waals surface area contributed by atoms with Crippen LogP contribution in [0.4, 0.5) is 0 Å². The van der Waals surface area contributed by atoms with Gasteiger partial charge in [-0.15, -0.1) is 0 Å². The third-order valence-corrected chi connectivity index (χ3v) is 4.93. The molecule has 1 aliphatic rings. The van der Waals surface area contributed by atoms with E-state index in [2.05, 4.69) is 16.8 Å². The highest BCUT2D eigenvalue weighted by Crippen LogP contribution is 2.08. The first-order chi connectivity index (χ1) is 11.6. The van der Waals surface area contributed by atoms with Gasteiger partial charge in [-0.3, -0.25) is 14.2 Å². The highest BCUT2D eigenvalue weighted by molar-refractivity contribution is 7.71. The van der Waals surface area contributed by atoms with Crippen LogP contribution in [0.3, 0.4) is 0 Å². The normalized spacial score (nSPS) is 15.8. The Hall–Kier alpha value is -1.99. The van der Waals surface area contributed by atoms with Crippen molar-refractivity contribution < 1.29 is 4.79 Å². The minimum Gasteiger partial charge on any atom is -0.340 e. The van der Waals surface area contributed by atoms with Crippen LogP contribution in [0.5, 0.6) is 0 Å². The quantitative estimate of drug-likeness (QED) is 0.855. The number of benzene rings is 1. The molecule has 7 heteroatoms. The van der Waals surface area contributed by atoms with Gasteiger partial charge in [0.2, 0.25) is 5.91 Å². The van der Waals surface area contributed by atoms with E-state index >= 15 is 0 Å². The largest absolute Gasteiger partial charge is 0.340 e. The van der Waals surface area contributed by atoms with Crippen molar-refractivity contribution in [2.24, 2.45) is 0 Å². The summed E-state index contributed by atoms with van der Waals surface area (Å²) >= 11 is 5.28. The lowest BCUT2D eigenvalue weighted by molar-refractivity contribution is -0.133. The summed E-state index contributed by atoms with van der Waals surface area (Å²) in [6.07, 6.45) is 0.294. The number of aromatic nitrogens is 2. The van der Waals surface area contributed by atoms with Crippen molar-refractivity contribution >= 4 is 29.0 Å². The second kappa shape index (κ2) is 7.27. The van der Waals surface area contributed by atoms with E-state index < -0.39 is 0 Å². The molecule has 6 nitrogen and oxygen atoms in total. The summed E-state index contributed by atoms with van der Waals surface area (Å²) in [5.74, 6) is 0.0835. The Morgan fingerprint density at radius 3 is 2.62 bits per heavy atom. The SMILES string of the molecule is CCN1CCN(C(=O)CCn2c(=S)[nH]c3ccccc3c2=O)CC1. The van der Waals surface area contributed by atoms with E-state index in [4.69, 9.17) is 12.2 Å². The molecule has 0 unspecified atom stereocenters. The molecule has 2 aromatic rings. The molecule has 0 radical (unpaired) electrons. The highest BCUT2D eigenvalue weighted by atomic mass is 32.1. The van der Waals surface area contributed by atoms with E-state index in [0.717, 1.165) is 38.2 Å². The Morgan fingerprint density at radius 1 is 1.21 bits per heavy atom. The van der Waals surface area contributed by atoms with Crippen molar-refractivity contribution in [3.05, 3.63) is 39.4 Å². The standard InChI is InChI=1S/C17H22N4O2S/c1-2-19-9-11-20(12-10-19)15(22)7-8-21-16(23)13-5-3-4-6-14(13)18-17(21)24/h3-6H,2,7-12H2,1H3,(H,18,24). The molecule has 2 heterocycles. The van der Waals surface area contributed by atoms with Gasteiger partial charge < -0.3 is 14.8 Å². The second-order valence-corrected chi connectivity index (χ2v) is 6.38. The number of piperazine rings is 1. The maximum atomic E-state index is 12.6. The third kappa shape index (κ3) is 3.42. The Bertz CT molecular complexity index is 850. The number of amides is 1. The van der Waals surface area contributed by atoms with Crippen LogP contribution in [-0.4, -0.2) is 58.0 Å². The van der Waals surface area contributed by atoms with Crippen molar-refractivity contribution in [1.29, 1.82) is 0 Å². The van der Waals surface area contributed by atoms with Crippen molar-refractivity contribution in [2.75, 3.05) is 32.7 Å². The fourth-order valence-corrected chi connectivity index (χ4v) is 3.37. The molecule has 1 amide bonds. The number of H-pyrrole nitrogens is 1. The number of nitrogens with one attached hydrogen (secondary N) is 1. The fourth-order valence-electron chi connectivity index (χ4n) is 3.08. The van der Waals surface area contributed by atoms with Gasteiger partial charge in [-0.1, -0.05) is 19.1 Å². The van der Waals surface area contributed by atoms with Crippen molar-refractivity contribution in [2.45, 2.75) is 19.9 Å². The van der Waals surface area contributed by atoms with Crippen LogP contribution in [0.2, 0.25) is 0 Å². The lowest BCUT2D eigenvalue weighted by atomic mass is 10.2. The number of para-hydroxylation sites is 1. The van der Waals surface area contributed by atoms with Crippen LogP contribution >= 0.6 is 12.2 Å². The lowest BCUT2D eigenvalue weighted by Gasteiger charge is -2.34. The molecule has 1 aromatic carbocycles. The number of fused-ring (bicyclic) bond motifs is 1. The maximum Gasteiger partial charge on any atom is 0.262 e. The van der Waals surface area contributed by atoms with Gasteiger partial charge in [-0.2, -0.15) is 0 Å². The fraction of sp³-hybridized carbons (Fsp3) is 0.471. The first kappa shape index (κ1) is 16.9. The second-order valence-electron chi connectivity index (χ2n) is 6.00. The zero-order valence-corrected chi connectivity index (χ0v) is 14.6. The minimum atomic E-state index is -0.141. The molecule has 1 fully saturated rings. The predicted molar refractivity (Wildman–Crippen MR) is 96.7 cm³/mol. The molecule has 0 spiro atoms. The molecule has 0 aliphatic carbocycles. The highest BCUT2D eigenvalue weighted by Gasteiger charge is 2.20. The molecular weight excluding hydrogens is 324 g/mol. The zero-order chi connectivity index (χ0) is 17.1. The smallest absolute Gasteiger partial charge is 0.262 e. The van der Waals surface area contributed by atoms with Crippen LogP contribution in [0.15, 0.2) is 29.1 Å². The third-order valence-electron chi connectivity index (χ3n) is 4.61. The minimum absolute atomic E-state index is 0.0835. The van der Waals surface area contributed by atoms with Crippen LogP contribution in [0.1, 0.15) is 13.3 Å². The Morgan fingerprint density at radius 2 is 1.92 bits per heavy atom. The van der Waals surface area contributed by atoms with Crippen LogP contribution in [-0.2, 0) is 11.3 Å². The first-order valence-corrected chi connectivity index (χ1v) is 8.73. The van der Waals surface area contributed by atoms with Crippen molar-refractivity contribution in [3.63, 3.8) is 0 Å². The average Bonchev–Trinajstić information content (AvgIpc) is 2.61. The molecule has 1 aliphatic heterocycles. The van der Waals surface area contributed by atoms with Gasteiger partial charge >= 0.3 is 0 Å². The lowest BCUT2D eigenvalue weighted by Crippen LogP contribution is -2.48. The van der Waals surface area contributed by atoms with Gasteiger partial charge in [-0.05, 0) is 30.9 Å². The molecule has 0 atom stereocenters. The number of rotatable bonds is 4. The topological polar surface area (TPSA) is 61.3 Å². The Kier molecular flexibility index (Phi) is 5.11. The van der Waals surface area contributed by atoms with Crippen molar-refractivity contribution in [3.8, 4) is 0 Å². The molecule has 1 aromatic heterocycles. The summed E-state index contributed by atoms with van der Waals surface area (Å²) in [4.78, 5) is 32.2. The first-order valence-electron chi connectivity index (χ1n) is 8.32. The van der Waals surface area contributed by atoms with Crippen LogP contribution < -0.4 is 5.56 Å². The number of likely N-dealkylation sites (N-methyl/N-ethyl adjacent to an activating group) is 1. The monoisotopic (exact) mass is 346 g/mol. The van der Waals surface area contributed by atoms with E-state index in [-0.39, 0.29) is 11.5 Å². The number of aromatic amines is 1. The van der Waals surface area contributed by atoms with Crippen molar-refractivity contribution in [1.82, 2.24) is 19.4 Å². The van der Waals surface area contributed by atoms with E-state index in [0.29, 0.717) is 23.1 Å². The van der Waals surface area contributed by atoms with E-state index in [1.54, 1.807) is 6.07 Å². The van der Waals surface area contributed by atoms with Gasteiger partial charge in [0, 0.05) is 39.1 Å². The molecule has 1 N–H and O–H groups in total. The summed E-state index contributed by atoms with van der Waals surface area (Å²) in [5.41, 5.74) is 0.587. The molecular formula is C17H22N4O2S. The number of hydrogen-bond acceptors (Lipinski definition) is 4. The molecule has 0 saturated carbocycles.